The number of carboxylic acid groups (broad SMARTS) is 3. The molecule has 0 saturated carbocycles. The molecule has 2 atom stereocenters. The molecule has 2 unspecified atom stereocenters. The van der Waals surface area contributed by atoms with Gasteiger partial charge in [0, 0.05) is 51.6 Å². The normalized spacial score (nSPS) is 17.7. The summed E-state index contributed by atoms with van der Waals surface area (Å²) in [5.74, 6) is -2.91. The van der Waals surface area contributed by atoms with E-state index in [4.69, 9.17) is 0 Å². The van der Waals surface area contributed by atoms with Crippen LogP contribution < -0.4 is 0 Å². The molecule has 1 heterocycles. The summed E-state index contributed by atoms with van der Waals surface area (Å²) >= 11 is 0. The molecule has 3 N–H and O–H groups in total. The maximum atomic E-state index is 12.8. The second kappa shape index (κ2) is 19.2. The van der Waals surface area contributed by atoms with Gasteiger partial charge in [-0.2, -0.15) is 0 Å². The van der Waals surface area contributed by atoms with Gasteiger partial charge in [0.25, 0.3) is 0 Å². The van der Waals surface area contributed by atoms with Gasteiger partial charge in [0.1, 0.15) is 11.8 Å². The van der Waals surface area contributed by atoms with Gasteiger partial charge in [-0.3, -0.25) is 33.9 Å². The highest BCUT2D eigenvalue weighted by Crippen LogP contribution is 2.20. The largest absolute Gasteiger partial charge is 0.480 e. The highest BCUT2D eigenvalue weighted by Gasteiger charge is 2.29. The van der Waals surface area contributed by atoms with Gasteiger partial charge in [0.2, 0.25) is 0 Å². The number of hydrogen-bond donors (Lipinski definition) is 3. The van der Waals surface area contributed by atoms with Gasteiger partial charge < -0.3 is 15.3 Å². The van der Waals surface area contributed by atoms with Crippen LogP contribution in [0, 0.1) is 5.92 Å². The van der Waals surface area contributed by atoms with Crippen LogP contribution in [0.1, 0.15) is 72.6 Å². The van der Waals surface area contributed by atoms with Gasteiger partial charge in [-0.05, 0) is 19.3 Å². The Hall–Kier alpha value is -2.04. The summed E-state index contributed by atoms with van der Waals surface area (Å²) < 4.78 is 0. The van der Waals surface area contributed by atoms with Gasteiger partial charge in [0.15, 0.2) is 0 Å². The lowest BCUT2D eigenvalue weighted by atomic mass is 9.89. The molecule has 35 heavy (non-hydrogen) atoms. The maximum absolute atomic E-state index is 12.8. The maximum Gasteiger partial charge on any atom is 0.320 e. The monoisotopic (exact) mass is 501 g/mol. The summed E-state index contributed by atoms with van der Waals surface area (Å²) in [5, 5.41) is 28.3. The lowest BCUT2D eigenvalue weighted by Gasteiger charge is -2.30. The van der Waals surface area contributed by atoms with Crippen molar-refractivity contribution in [2.45, 2.75) is 78.7 Å². The van der Waals surface area contributed by atoms with Crippen molar-refractivity contribution in [1.29, 1.82) is 0 Å². The van der Waals surface area contributed by atoms with Crippen LogP contribution in [0.15, 0.2) is 0 Å². The first kappa shape index (κ1) is 33.0. The third kappa shape index (κ3) is 14.2. The predicted molar refractivity (Wildman–Crippen MR) is 135 cm³/mol. The fraction of sp³-hybridized carbons (Fsp3) is 0.840. The molecule has 0 radical (unpaired) electrons. The van der Waals surface area contributed by atoms with E-state index < -0.39 is 23.9 Å². The molecule has 0 aliphatic carbocycles. The van der Waals surface area contributed by atoms with E-state index in [-0.39, 0.29) is 37.6 Å². The van der Waals surface area contributed by atoms with Crippen LogP contribution in [0.4, 0.5) is 0 Å². The lowest BCUT2D eigenvalue weighted by molar-refractivity contribution is -0.145. The molecule has 1 aliphatic heterocycles. The first-order chi connectivity index (χ1) is 16.7. The van der Waals surface area contributed by atoms with Crippen molar-refractivity contribution >= 4 is 23.7 Å². The highest BCUT2D eigenvalue weighted by atomic mass is 16.4. The summed E-state index contributed by atoms with van der Waals surface area (Å²) in [5.41, 5.74) is 0. The Morgan fingerprint density at radius 2 is 1.20 bits per heavy atom. The van der Waals surface area contributed by atoms with Crippen molar-refractivity contribution in [3.63, 3.8) is 0 Å². The smallest absolute Gasteiger partial charge is 0.320 e. The molecule has 0 aromatic carbocycles. The Balaban J connectivity index is 0.00000562. The third-order valence-electron chi connectivity index (χ3n) is 6.25. The number of nitrogens with zero attached hydrogens (tertiary/aromatic N) is 3. The quantitative estimate of drug-likeness (QED) is 0.307. The van der Waals surface area contributed by atoms with Crippen molar-refractivity contribution in [3.8, 4) is 0 Å². The van der Waals surface area contributed by atoms with Crippen molar-refractivity contribution in [1.82, 2.24) is 14.7 Å². The fourth-order valence-electron chi connectivity index (χ4n) is 4.38. The third-order valence-corrected chi connectivity index (χ3v) is 6.25. The van der Waals surface area contributed by atoms with Crippen LogP contribution in [-0.2, 0) is 19.2 Å². The molecular formula is C25H47N3O7. The molecule has 10 nitrogen and oxygen atoms in total. The van der Waals surface area contributed by atoms with E-state index in [9.17, 15) is 34.5 Å². The van der Waals surface area contributed by atoms with Gasteiger partial charge >= 0.3 is 17.9 Å². The van der Waals surface area contributed by atoms with E-state index in [0.29, 0.717) is 39.3 Å². The molecule has 0 amide bonds. The molecule has 0 spiro atoms. The minimum Gasteiger partial charge on any atom is -0.480 e. The number of rotatable bonds is 15. The second-order valence-corrected chi connectivity index (χ2v) is 8.86. The molecule has 1 rings (SSSR count). The van der Waals surface area contributed by atoms with E-state index in [1.165, 1.54) is 0 Å². The molecular weight excluding hydrogens is 454 g/mol. The Kier molecular flexibility index (Phi) is 18.1. The zero-order valence-corrected chi connectivity index (χ0v) is 22.1. The summed E-state index contributed by atoms with van der Waals surface area (Å²) in [6.07, 6.45) is 4.93. The number of ketones is 1. The van der Waals surface area contributed by atoms with Gasteiger partial charge in [-0.1, -0.05) is 47.0 Å². The topological polar surface area (TPSA) is 139 Å². The lowest BCUT2D eigenvalue weighted by Crippen LogP contribution is -2.47. The first-order valence-corrected chi connectivity index (χ1v) is 13.1. The molecule has 0 bridgehead atoms. The minimum atomic E-state index is -1.02. The van der Waals surface area contributed by atoms with Crippen molar-refractivity contribution in [2.24, 2.45) is 5.92 Å². The molecule has 10 heteroatoms. The van der Waals surface area contributed by atoms with Gasteiger partial charge in [0.05, 0.1) is 13.1 Å². The van der Waals surface area contributed by atoms with Crippen molar-refractivity contribution in [2.75, 3.05) is 52.4 Å². The number of aliphatic carboxylic acids is 3. The molecule has 204 valence electrons. The number of carbonyl (C=O) groups is 4. The van der Waals surface area contributed by atoms with E-state index in [1.807, 2.05) is 20.8 Å². The summed E-state index contributed by atoms with van der Waals surface area (Å²) in [6, 6.07) is -0.876. The Morgan fingerprint density at radius 3 is 1.60 bits per heavy atom. The zero-order chi connectivity index (χ0) is 26.8. The zero-order valence-electron chi connectivity index (χ0n) is 22.1. The van der Waals surface area contributed by atoms with Crippen LogP contribution in [0.5, 0.6) is 0 Å². The SMILES string of the molecule is CC.CCCCC(CCC)C(=O)CCC(C(=O)O)N1CCN(CC(=O)O)CCN(CC(=O)O)CC1. The average Bonchev–Trinajstić information content (AvgIpc) is 2.89. The molecule has 1 aliphatic rings. The van der Waals surface area contributed by atoms with E-state index in [1.54, 1.807) is 14.7 Å². The minimum absolute atomic E-state index is 0.0305. The number of unbranched alkanes of at least 4 members (excludes halogenated alkanes) is 1. The van der Waals surface area contributed by atoms with Gasteiger partial charge in [-0.15, -0.1) is 0 Å². The van der Waals surface area contributed by atoms with Crippen LogP contribution in [0.3, 0.4) is 0 Å². The highest BCUT2D eigenvalue weighted by molar-refractivity contribution is 5.82. The summed E-state index contributed by atoms with van der Waals surface area (Å²) in [7, 11) is 0. The van der Waals surface area contributed by atoms with Crippen LogP contribution in [0.2, 0.25) is 0 Å². The summed E-state index contributed by atoms with van der Waals surface area (Å²) in [6.45, 7) is 9.92. The Labute approximate surface area is 210 Å². The number of carboxylic acids is 3. The van der Waals surface area contributed by atoms with Gasteiger partial charge in [-0.25, -0.2) is 0 Å². The number of hydrogen-bond acceptors (Lipinski definition) is 7. The van der Waals surface area contributed by atoms with Crippen LogP contribution >= 0.6 is 0 Å². The van der Waals surface area contributed by atoms with Crippen LogP contribution in [0.25, 0.3) is 0 Å². The predicted octanol–water partition coefficient (Wildman–Crippen LogP) is 2.51. The van der Waals surface area contributed by atoms with Crippen LogP contribution in [-0.4, -0.2) is 112 Å². The van der Waals surface area contributed by atoms with Crippen molar-refractivity contribution < 1.29 is 34.5 Å². The standard InChI is InChI=1S/C23H41N3O7.C2H6/c1-3-5-7-18(6-4-2)20(27)9-8-19(23(32)33)26-14-12-24(16-21(28)29)10-11-25(13-15-26)17-22(30)31;1-2/h18-19H,3-17H2,1-2H3,(H,28,29)(H,30,31)(H,32,33);1-2H3. The van der Waals surface area contributed by atoms with E-state index >= 15 is 0 Å². The fourth-order valence-corrected chi connectivity index (χ4v) is 4.38. The number of Topliss-reactive ketones (excluding diaryl/α,β-unsaturated/α-hetero) is 1. The second-order valence-electron chi connectivity index (χ2n) is 8.86. The molecule has 1 fully saturated rings. The van der Waals surface area contributed by atoms with E-state index in [2.05, 4.69) is 6.92 Å². The molecule has 0 aromatic rings. The Morgan fingerprint density at radius 1 is 0.714 bits per heavy atom. The first-order valence-electron chi connectivity index (χ1n) is 13.1. The van der Waals surface area contributed by atoms with Crippen molar-refractivity contribution in [3.05, 3.63) is 0 Å². The summed E-state index contributed by atoms with van der Waals surface area (Å²) in [4.78, 5) is 52.5. The molecule has 1 saturated heterocycles. The Bertz CT molecular complexity index is 617. The number of carbonyl (C=O) groups excluding carboxylic acids is 1. The molecule has 0 aromatic heterocycles. The van der Waals surface area contributed by atoms with E-state index in [0.717, 1.165) is 32.1 Å². The average molecular weight is 502 g/mol.